The fourth-order valence-electron chi connectivity index (χ4n) is 0. The van der Waals surface area contributed by atoms with Crippen molar-refractivity contribution in [2.75, 3.05) is 0 Å². The molecule has 1 unspecified atom stereocenters. The zero-order valence-electron chi connectivity index (χ0n) is 3.28. The number of hydrogen-bond donors (Lipinski definition) is 0. The molecule has 0 amide bonds. The van der Waals surface area contributed by atoms with Crippen molar-refractivity contribution in [1.29, 1.82) is 0 Å². The normalized spacial score (nSPS) is 0. The maximum atomic E-state index is 0. The molecule has 0 nitrogen and oxygen atoms in total. The van der Waals surface area contributed by atoms with Crippen LogP contribution in [-0.4, -0.2) is 0 Å². The van der Waals surface area contributed by atoms with Gasteiger partial charge in [0.1, 0.15) is 0 Å². The molecule has 0 aliphatic rings. The third kappa shape index (κ3) is 9.64. The summed E-state index contributed by atoms with van der Waals surface area (Å²) in [5.74, 6) is 0. The van der Waals surface area contributed by atoms with Crippen LogP contribution in [0.2, 0.25) is 0 Å². The molecule has 0 saturated heterocycles. The van der Waals surface area contributed by atoms with Crippen molar-refractivity contribution in [3.05, 3.63) is 14.9 Å². The van der Waals surface area contributed by atoms with Crippen molar-refractivity contribution >= 4 is 9.90 Å². The van der Waals surface area contributed by atoms with E-state index >= 15 is 0 Å². The van der Waals surface area contributed by atoms with Gasteiger partial charge in [-0.1, -0.05) is 0 Å². The van der Waals surface area contributed by atoms with Crippen LogP contribution in [0.1, 0.15) is 0 Å². The van der Waals surface area contributed by atoms with Crippen LogP contribution in [-0.2, 0) is 32.7 Å². The molecule has 0 aliphatic heterocycles. The molecule has 0 rings (SSSR count). The molecule has 0 spiro atoms. The van der Waals surface area contributed by atoms with Crippen molar-refractivity contribution in [3.8, 4) is 0 Å². The van der Waals surface area contributed by atoms with Gasteiger partial charge in [-0.2, -0.15) is 9.90 Å². The number of rotatable bonds is 0. The van der Waals surface area contributed by atoms with Crippen molar-refractivity contribution < 1.29 is 32.7 Å². The summed E-state index contributed by atoms with van der Waals surface area (Å²) in [6, 6.07) is 0. The van der Waals surface area contributed by atoms with Crippen LogP contribution in [0.5, 0.6) is 0 Å². The van der Waals surface area contributed by atoms with E-state index in [1.807, 2.05) is 0 Å². The molecule has 1 atom stereocenters. The molecule has 0 bridgehead atoms. The summed E-state index contributed by atoms with van der Waals surface area (Å²) in [7, 11) is 0. The molecule has 0 heterocycles. The Morgan fingerprint density at radius 1 is 0.750 bits per heavy atom. The molecule has 1 radical (unpaired) electrons. The second-order valence-corrected chi connectivity index (χ2v) is 0. The molecule has 0 aliphatic carbocycles. The van der Waals surface area contributed by atoms with Crippen LogP contribution in [0.15, 0.2) is 0 Å². The summed E-state index contributed by atoms with van der Waals surface area (Å²) in [5, 5.41) is 0. The van der Waals surface area contributed by atoms with Gasteiger partial charge in [0.15, 0.2) is 0 Å². The number of hydrogen-bond acceptors (Lipinski definition) is 0. The van der Waals surface area contributed by atoms with E-state index in [0.29, 0.717) is 0 Å². The summed E-state index contributed by atoms with van der Waals surface area (Å²) in [6.45, 7) is 0. The van der Waals surface area contributed by atoms with Crippen LogP contribution < -0.4 is 0 Å². The Labute approximate surface area is 57.2 Å². The van der Waals surface area contributed by atoms with E-state index in [1.54, 1.807) is 0 Å². The molecule has 0 N–H and O–H groups in total. The SMILES string of the molecule is P.[CH3-].[CH3-].[Y]. The first kappa shape index (κ1) is 48.3. The summed E-state index contributed by atoms with van der Waals surface area (Å²) < 4.78 is 0. The second kappa shape index (κ2) is 24.1. The first-order valence-electron chi connectivity index (χ1n) is 0. The fourth-order valence-corrected chi connectivity index (χ4v) is 0. The maximum absolute atomic E-state index is 0. The van der Waals surface area contributed by atoms with Gasteiger partial charge in [0.2, 0.25) is 0 Å². The van der Waals surface area contributed by atoms with E-state index in [9.17, 15) is 0 Å². The Morgan fingerprint density at radius 2 is 0.750 bits per heavy atom. The van der Waals surface area contributed by atoms with Crippen molar-refractivity contribution in [3.63, 3.8) is 0 Å². The predicted octanol–water partition coefficient (Wildman–Crippen LogP) is 0.956. The van der Waals surface area contributed by atoms with E-state index in [0.717, 1.165) is 0 Å². The quantitative estimate of drug-likeness (QED) is 0.359. The summed E-state index contributed by atoms with van der Waals surface area (Å²) in [5.41, 5.74) is 0. The molecular formula is C2H9PY-2. The molecule has 0 aromatic rings. The minimum Gasteiger partial charge on any atom is -0.358 e. The Bertz CT molecular complexity index is 6.00. The molecular weight excluding hydrogens is 144 g/mol. The summed E-state index contributed by atoms with van der Waals surface area (Å²) in [6.07, 6.45) is 0. The first-order valence-corrected chi connectivity index (χ1v) is 0. The predicted molar refractivity (Wildman–Crippen MR) is 23.9 cm³/mol. The van der Waals surface area contributed by atoms with Gasteiger partial charge in [-0.15, -0.1) is 0 Å². The average molecular weight is 153 g/mol. The molecule has 0 aromatic carbocycles. The van der Waals surface area contributed by atoms with Gasteiger partial charge in [0, 0.05) is 32.7 Å². The Balaban J connectivity index is 0. The first-order chi connectivity index (χ1) is 0. The topological polar surface area (TPSA) is 0 Å². The summed E-state index contributed by atoms with van der Waals surface area (Å²) >= 11 is 0. The van der Waals surface area contributed by atoms with Crippen molar-refractivity contribution in [1.82, 2.24) is 0 Å². The molecule has 4 heavy (non-hydrogen) atoms. The van der Waals surface area contributed by atoms with Gasteiger partial charge in [-0.3, -0.25) is 0 Å². The van der Waals surface area contributed by atoms with E-state index < -0.39 is 0 Å². The largest absolute Gasteiger partial charge is 0.358 e. The molecule has 0 aromatic heterocycles. The Kier molecular flexibility index (Phi) is 291. The van der Waals surface area contributed by atoms with Gasteiger partial charge in [-0.25, -0.2) is 0 Å². The van der Waals surface area contributed by atoms with Crippen LogP contribution >= 0.6 is 9.90 Å². The minimum atomic E-state index is 0. The second-order valence-electron chi connectivity index (χ2n) is 0. The van der Waals surface area contributed by atoms with Crippen LogP contribution in [0.25, 0.3) is 0 Å². The molecule has 27 valence electrons. The van der Waals surface area contributed by atoms with Gasteiger partial charge in [0.25, 0.3) is 0 Å². The smallest absolute Gasteiger partial charge is 0 e. The van der Waals surface area contributed by atoms with E-state index in [-0.39, 0.29) is 57.5 Å². The monoisotopic (exact) mass is 153 g/mol. The minimum absolute atomic E-state index is 0. The molecule has 2 heteroatoms. The molecule has 0 saturated carbocycles. The zero-order chi connectivity index (χ0) is 0. The Hall–Kier alpha value is 1.53. The van der Waals surface area contributed by atoms with Gasteiger partial charge in [0.05, 0.1) is 0 Å². The summed E-state index contributed by atoms with van der Waals surface area (Å²) in [4.78, 5) is 0. The standard InChI is InChI=1S/2CH3.H3P.Y/h3*1H3;/q2*-1;;. The van der Waals surface area contributed by atoms with Crippen LogP contribution in [0.3, 0.4) is 0 Å². The van der Waals surface area contributed by atoms with Gasteiger partial charge >= 0.3 is 0 Å². The van der Waals surface area contributed by atoms with Gasteiger partial charge in [-0.05, 0) is 0 Å². The van der Waals surface area contributed by atoms with E-state index in [1.165, 1.54) is 0 Å². The van der Waals surface area contributed by atoms with Crippen molar-refractivity contribution in [2.45, 2.75) is 0 Å². The van der Waals surface area contributed by atoms with Crippen LogP contribution in [0, 0.1) is 14.9 Å². The van der Waals surface area contributed by atoms with Crippen LogP contribution in [0.4, 0.5) is 0 Å². The third-order valence-electron chi connectivity index (χ3n) is 0. The Morgan fingerprint density at radius 3 is 0.750 bits per heavy atom. The third-order valence-corrected chi connectivity index (χ3v) is 0. The van der Waals surface area contributed by atoms with E-state index in [2.05, 4.69) is 0 Å². The average Bonchev–Trinajstić information content (AvgIpc) is 0. The van der Waals surface area contributed by atoms with Gasteiger partial charge < -0.3 is 14.9 Å². The van der Waals surface area contributed by atoms with Crippen molar-refractivity contribution in [2.24, 2.45) is 0 Å². The molecule has 0 fully saturated rings. The fraction of sp³-hybridized carbons (Fsp3) is 0. The zero-order valence-corrected chi connectivity index (χ0v) is 7.54. The van der Waals surface area contributed by atoms with E-state index in [4.69, 9.17) is 0 Å². The maximum Gasteiger partial charge on any atom is 0 e.